The second kappa shape index (κ2) is 4.27. The third kappa shape index (κ3) is 1.69. The molecule has 0 saturated carbocycles. The summed E-state index contributed by atoms with van der Waals surface area (Å²) < 4.78 is 0. The van der Waals surface area contributed by atoms with Gasteiger partial charge in [0.25, 0.3) is 0 Å². The minimum absolute atomic E-state index is 0.804. The molecule has 0 atom stereocenters. The Morgan fingerprint density at radius 2 is 2.33 bits per heavy atom. The fourth-order valence-corrected chi connectivity index (χ4v) is 2.57. The molecule has 0 spiro atoms. The van der Waals surface area contributed by atoms with Gasteiger partial charge in [0.1, 0.15) is 5.01 Å². The number of nitrogens with one attached hydrogen (secondary N) is 1. The monoisotopic (exact) mass is 257 g/mol. The third-order valence-corrected chi connectivity index (χ3v) is 3.64. The quantitative estimate of drug-likeness (QED) is 0.733. The zero-order chi connectivity index (χ0) is 12.5. The molecule has 18 heavy (non-hydrogen) atoms. The summed E-state index contributed by atoms with van der Waals surface area (Å²) in [5.41, 5.74) is 2.80. The van der Waals surface area contributed by atoms with Gasteiger partial charge >= 0.3 is 0 Å². The number of carbonyl (C=O) groups is 1. The molecule has 0 saturated heterocycles. The van der Waals surface area contributed by atoms with Gasteiger partial charge in [-0.1, -0.05) is 12.1 Å². The Bertz CT molecular complexity index is 687. The van der Waals surface area contributed by atoms with Crippen molar-refractivity contribution in [2.24, 2.45) is 0 Å². The lowest BCUT2D eigenvalue weighted by Gasteiger charge is -2.11. The summed E-state index contributed by atoms with van der Waals surface area (Å²) in [6.45, 7) is 0. The Kier molecular flexibility index (Phi) is 2.60. The van der Waals surface area contributed by atoms with E-state index in [2.05, 4.69) is 16.0 Å². The lowest BCUT2D eigenvalue weighted by atomic mass is 10.2. The van der Waals surface area contributed by atoms with Crippen LogP contribution in [0.15, 0.2) is 35.8 Å². The van der Waals surface area contributed by atoms with E-state index in [9.17, 15) is 4.79 Å². The topological polar surface area (TPSA) is 49.0 Å². The number of benzene rings is 1. The van der Waals surface area contributed by atoms with Gasteiger partial charge in [-0.15, -0.1) is 11.3 Å². The van der Waals surface area contributed by atoms with Crippen molar-refractivity contribution in [2.45, 2.75) is 0 Å². The molecule has 0 aliphatic heterocycles. The molecule has 2 aromatic heterocycles. The summed E-state index contributed by atoms with van der Waals surface area (Å²) in [5, 5.41) is 3.97. The first-order chi connectivity index (χ1) is 8.79. The molecule has 5 heteroatoms. The van der Waals surface area contributed by atoms with Gasteiger partial charge in [0.15, 0.2) is 0 Å². The molecular formula is C13H11N3OS. The zero-order valence-electron chi connectivity index (χ0n) is 9.75. The number of carbonyl (C=O) groups excluding carboxylic acids is 1. The SMILES string of the molecule is CN(C=O)c1cccc2cc(-c3nccs3)[nH]c12. The van der Waals surface area contributed by atoms with E-state index in [0.29, 0.717) is 0 Å². The predicted molar refractivity (Wildman–Crippen MR) is 73.9 cm³/mol. The van der Waals surface area contributed by atoms with Crippen LogP contribution in [0.3, 0.4) is 0 Å². The first-order valence-electron chi connectivity index (χ1n) is 5.49. The molecule has 3 aromatic rings. The molecule has 0 radical (unpaired) electrons. The maximum Gasteiger partial charge on any atom is 0.213 e. The van der Waals surface area contributed by atoms with Gasteiger partial charge in [-0.25, -0.2) is 4.98 Å². The summed E-state index contributed by atoms with van der Waals surface area (Å²) in [5.74, 6) is 0. The Morgan fingerprint density at radius 1 is 1.44 bits per heavy atom. The summed E-state index contributed by atoms with van der Waals surface area (Å²) in [6, 6.07) is 7.93. The number of hydrogen-bond donors (Lipinski definition) is 1. The fourth-order valence-electron chi connectivity index (χ4n) is 1.96. The highest BCUT2D eigenvalue weighted by molar-refractivity contribution is 7.13. The van der Waals surface area contributed by atoms with Gasteiger partial charge in [0.2, 0.25) is 6.41 Å². The second-order valence-electron chi connectivity index (χ2n) is 3.98. The standard InChI is InChI=1S/C13H11N3OS/c1-16(8-17)11-4-2-3-9-7-10(15-12(9)11)13-14-5-6-18-13/h2-8,15H,1H3. The fraction of sp³-hybridized carbons (Fsp3) is 0.0769. The first kappa shape index (κ1) is 11.0. The minimum atomic E-state index is 0.804. The Balaban J connectivity index is 2.20. The zero-order valence-corrected chi connectivity index (χ0v) is 10.6. The number of amides is 1. The summed E-state index contributed by atoms with van der Waals surface area (Å²) in [6.07, 6.45) is 2.59. The van der Waals surface area contributed by atoms with Crippen molar-refractivity contribution in [3.63, 3.8) is 0 Å². The van der Waals surface area contributed by atoms with E-state index in [4.69, 9.17) is 0 Å². The molecule has 1 N–H and O–H groups in total. The molecule has 3 rings (SSSR count). The number of aromatic nitrogens is 2. The third-order valence-electron chi connectivity index (χ3n) is 2.84. The number of aromatic amines is 1. The van der Waals surface area contributed by atoms with Crippen molar-refractivity contribution >= 4 is 34.3 Å². The molecule has 0 fully saturated rings. The van der Waals surface area contributed by atoms with E-state index in [1.54, 1.807) is 29.5 Å². The average molecular weight is 257 g/mol. The van der Waals surface area contributed by atoms with Crippen LogP contribution in [0.1, 0.15) is 0 Å². The highest BCUT2D eigenvalue weighted by Crippen LogP contribution is 2.30. The van der Waals surface area contributed by atoms with Crippen LogP contribution in [0, 0.1) is 0 Å². The number of para-hydroxylation sites is 1. The van der Waals surface area contributed by atoms with Crippen LogP contribution in [0.25, 0.3) is 21.6 Å². The Hall–Kier alpha value is -2.14. The van der Waals surface area contributed by atoms with Gasteiger partial charge in [-0.3, -0.25) is 4.79 Å². The largest absolute Gasteiger partial charge is 0.351 e. The minimum Gasteiger partial charge on any atom is -0.351 e. The van der Waals surface area contributed by atoms with Crippen molar-refractivity contribution in [2.75, 3.05) is 11.9 Å². The molecule has 0 aliphatic carbocycles. The smallest absolute Gasteiger partial charge is 0.213 e. The maximum absolute atomic E-state index is 10.9. The highest BCUT2D eigenvalue weighted by Gasteiger charge is 2.10. The van der Waals surface area contributed by atoms with Crippen molar-refractivity contribution in [3.05, 3.63) is 35.8 Å². The number of anilines is 1. The van der Waals surface area contributed by atoms with Crippen molar-refractivity contribution in [1.29, 1.82) is 0 Å². The van der Waals surface area contributed by atoms with Crippen LogP contribution >= 0.6 is 11.3 Å². The van der Waals surface area contributed by atoms with Crippen LogP contribution in [0.5, 0.6) is 0 Å². The highest BCUT2D eigenvalue weighted by atomic mass is 32.1. The molecular weight excluding hydrogens is 246 g/mol. The Labute approximate surface area is 108 Å². The van der Waals surface area contributed by atoms with Crippen LogP contribution in [0.4, 0.5) is 5.69 Å². The summed E-state index contributed by atoms with van der Waals surface area (Å²) in [7, 11) is 1.74. The van der Waals surface area contributed by atoms with Gasteiger partial charge in [-0.05, 0) is 12.1 Å². The van der Waals surface area contributed by atoms with Gasteiger partial charge in [0.05, 0.1) is 16.9 Å². The van der Waals surface area contributed by atoms with Crippen LogP contribution in [-0.2, 0) is 4.79 Å². The molecule has 0 bridgehead atoms. The lowest BCUT2D eigenvalue weighted by molar-refractivity contribution is -0.107. The van der Waals surface area contributed by atoms with Crippen LogP contribution in [-0.4, -0.2) is 23.4 Å². The summed E-state index contributed by atoms with van der Waals surface area (Å²) >= 11 is 1.59. The average Bonchev–Trinajstić information content (AvgIpc) is 3.04. The van der Waals surface area contributed by atoms with Crippen molar-refractivity contribution in [1.82, 2.24) is 9.97 Å². The maximum atomic E-state index is 10.9. The number of rotatable bonds is 3. The van der Waals surface area contributed by atoms with E-state index < -0.39 is 0 Å². The van der Waals surface area contributed by atoms with Crippen molar-refractivity contribution < 1.29 is 4.79 Å². The number of nitrogens with zero attached hydrogens (tertiary/aromatic N) is 2. The molecule has 0 aliphatic rings. The number of hydrogen-bond acceptors (Lipinski definition) is 3. The van der Waals surface area contributed by atoms with Gasteiger partial charge in [0, 0.05) is 24.0 Å². The van der Waals surface area contributed by atoms with E-state index in [-0.39, 0.29) is 0 Å². The molecule has 0 unspecified atom stereocenters. The number of thiazole rings is 1. The van der Waals surface area contributed by atoms with Crippen LogP contribution < -0.4 is 4.90 Å². The predicted octanol–water partition coefficient (Wildman–Crippen LogP) is 2.88. The molecule has 1 aromatic carbocycles. The lowest BCUT2D eigenvalue weighted by Crippen LogP contribution is -2.13. The number of H-pyrrole nitrogens is 1. The van der Waals surface area contributed by atoms with E-state index in [1.807, 2.05) is 23.6 Å². The first-order valence-corrected chi connectivity index (χ1v) is 6.37. The Morgan fingerprint density at radius 3 is 3.06 bits per heavy atom. The van der Waals surface area contributed by atoms with E-state index >= 15 is 0 Å². The van der Waals surface area contributed by atoms with Crippen LogP contribution in [0.2, 0.25) is 0 Å². The normalized spacial score (nSPS) is 10.7. The second-order valence-corrected chi connectivity index (χ2v) is 4.87. The van der Waals surface area contributed by atoms with Gasteiger partial charge < -0.3 is 9.88 Å². The van der Waals surface area contributed by atoms with Gasteiger partial charge in [-0.2, -0.15) is 0 Å². The molecule has 90 valence electrons. The molecule has 4 nitrogen and oxygen atoms in total. The van der Waals surface area contributed by atoms with E-state index in [1.165, 1.54) is 0 Å². The summed E-state index contributed by atoms with van der Waals surface area (Å²) in [4.78, 5) is 20.1. The molecule has 1 amide bonds. The van der Waals surface area contributed by atoms with E-state index in [0.717, 1.165) is 33.7 Å². The number of fused-ring (bicyclic) bond motifs is 1. The molecule has 2 heterocycles. The van der Waals surface area contributed by atoms with Crippen molar-refractivity contribution in [3.8, 4) is 10.7 Å².